The van der Waals surface area contributed by atoms with Crippen LogP contribution in [0.15, 0.2) is 45.8 Å². The van der Waals surface area contributed by atoms with Gasteiger partial charge in [0.25, 0.3) is 10.0 Å². The molecule has 0 aliphatic carbocycles. The molecule has 0 saturated carbocycles. The SMILES string of the molecule is Cc1cc(S(=O)(=O)Nc2ccc(Br)c(C)c2)ccc1N. The van der Waals surface area contributed by atoms with Crippen LogP contribution in [-0.4, -0.2) is 8.42 Å². The maximum Gasteiger partial charge on any atom is 0.261 e. The van der Waals surface area contributed by atoms with Crippen LogP contribution in [0.25, 0.3) is 0 Å². The van der Waals surface area contributed by atoms with Gasteiger partial charge in [-0.3, -0.25) is 4.72 Å². The van der Waals surface area contributed by atoms with E-state index in [0.29, 0.717) is 11.4 Å². The predicted molar refractivity (Wildman–Crippen MR) is 85.3 cm³/mol. The van der Waals surface area contributed by atoms with Crippen molar-refractivity contribution in [1.29, 1.82) is 0 Å². The van der Waals surface area contributed by atoms with E-state index in [-0.39, 0.29) is 4.90 Å². The zero-order valence-corrected chi connectivity index (χ0v) is 13.5. The Morgan fingerprint density at radius 2 is 1.75 bits per heavy atom. The van der Waals surface area contributed by atoms with Crippen LogP contribution >= 0.6 is 15.9 Å². The van der Waals surface area contributed by atoms with Gasteiger partial charge in [0.05, 0.1) is 4.90 Å². The van der Waals surface area contributed by atoms with Gasteiger partial charge in [-0.25, -0.2) is 8.42 Å². The van der Waals surface area contributed by atoms with Gasteiger partial charge in [0.2, 0.25) is 0 Å². The quantitative estimate of drug-likeness (QED) is 0.829. The van der Waals surface area contributed by atoms with Gasteiger partial charge in [0.1, 0.15) is 0 Å². The highest BCUT2D eigenvalue weighted by molar-refractivity contribution is 9.10. The third-order valence-corrected chi connectivity index (χ3v) is 5.23. The van der Waals surface area contributed by atoms with Crippen molar-refractivity contribution < 1.29 is 8.42 Å². The van der Waals surface area contributed by atoms with Crippen LogP contribution in [0.1, 0.15) is 11.1 Å². The zero-order valence-electron chi connectivity index (χ0n) is 11.1. The van der Waals surface area contributed by atoms with Crippen molar-refractivity contribution in [2.24, 2.45) is 0 Å². The second-order valence-electron chi connectivity index (χ2n) is 4.59. The first-order chi connectivity index (χ1) is 9.29. The highest BCUT2D eigenvalue weighted by atomic mass is 79.9. The standard InChI is InChI=1S/C14H15BrN2O2S/c1-9-7-11(3-5-13(9)15)17-20(18,19)12-4-6-14(16)10(2)8-12/h3-8,17H,16H2,1-2H3. The number of benzene rings is 2. The average molecular weight is 355 g/mol. The Bertz CT molecular complexity index is 758. The lowest BCUT2D eigenvalue weighted by molar-refractivity contribution is 0.601. The molecule has 0 atom stereocenters. The lowest BCUT2D eigenvalue weighted by atomic mass is 10.2. The fraction of sp³-hybridized carbons (Fsp3) is 0.143. The first-order valence-electron chi connectivity index (χ1n) is 5.95. The normalized spacial score (nSPS) is 11.3. The molecule has 6 heteroatoms. The topological polar surface area (TPSA) is 72.2 Å². The summed E-state index contributed by atoms with van der Waals surface area (Å²) in [6, 6.07) is 9.93. The number of rotatable bonds is 3. The minimum atomic E-state index is -3.60. The molecular weight excluding hydrogens is 340 g/mol. The van der Waals surface area contributed by atoms with Crippen molar-refractivity contribution in [3.8, 4) is 0 Å². The number of hydrogen-bond acceptors (Lipinski definition) is 3. The van der Waals surface area contributed by atoms with Crippen molar-refractivity contribution in [3.05, 3.63) is 52.0 Å². The molecule has 0 fully saturated rings. The predicted octanol–water partition coefficient (Wildman–Crippen LogP) is 3.45. The fourth-order valence-electron chi connectivity index (χ4n) is 1.74. The minimum absolute atomic E-state index is 0.199. The Kier molecular flexibility index (Phi) is 4.06. The smallest absolute Gasteiger partial charge is 0.261 e. The molecule has 2 rings (SSSR count). The second kappa shape index (κ2) is 5.46. The summed E-state index contributed by atoms with van der Waals surface area (Å²) in [7, 11) is -3.60. The van der Waals surface area contributed by atoms with Crippen molar-refractivity contribution in [2.45, 2.75) is 18.7 Å². The largest absolute Gasteiger partial charge is 0.399 e. The number of sulfonamides is 1. The molecule has 106 valence electrons. The molecule has 3 N–H and O–H groups in total. The molecule has 0 aromatic heterocycles. The molecule has 4 nitrogen and oxygen atoms in total. The number of nitrogens with two attached hydrogens (primary N) is 1. The molecule has 2 aromatic carbocycles. The molecule has 0 saturated heterocycles. The van der Waals surface area contributed by atoms with Gasteiger partial charge < -0.3 is 5.73 Å². The van der Waals surface area contributed by atoms with Gasteiger partial charge in [-0.1, -0.05) is 15.9 Å². The van der Waals surface area contributed by atoms with Gasteiger partial charge in [-0.05, 0) is 61.4 Å². The van der Waals surface area contributed by atoms with Crippen molar-refractivity contribution in [3.63, 3.8) is 0 Å². The van der Waals surface area contributed by atoms with Crippen LogP contribution in [0.4, 0.5) is 11.4 Å². The maximum absolute atomic E-state index is 12.3. The molecule has 20 heavy (non-hydrogen) atoms. The lowest BCUT2D eigenvalue weighted by Gasteiger charge is -2.10. The Morgan fingerprint density at radius 3 is 2.35 bits per heavy atom. The number of hydrogen-bond donors (Lipinski definition) is 2. The minimum Gasteiger partial charge on any atom is -0.399 e. The van der Waals surface area contributed by atoms with Gasteiger partial charge in [0.15, 0.2) is 0 Å². The third kappa shape index (κ3) is 3.13. The van der Waals surface area contributed by atoms with Crippen molar-refractivity contribution in [2.75, 3.05) is 10.5 Å². The molecule has 0 bridgehead atoms. The first-order valence-corrected chi connectivity index (χ1v) is 8.22. The summed E-state index contributed by atoms with van der Waals surface area (Å²) in [4.78, 5) is 0.199. The van der Waals surface area contributed by atoms with E-state index in [4.69, 9.17) is 5.73 Å². The van der Waals surface area contributed by atoms with E-state index < -0.39 is 10.0 Å². The van der Waals surface area contributed by atoms with Gasteiger partial charge in [-0.2, -0.15) is 0 Å². The second-order valence-corrected chi connectivity index (χ2v) is 7.12. The number of nitrogens with one attached hydrogen (secondary N) is 1. The highest BCUT2D eigenvalue weighted by Gasteiger charge is 2.15. The average Bonchev–Trinajstić information content (AvgIpc) is 2.37. The van der Waals surface area contributed by atoms with E-state index in [1.165, 1.54) is 6.07 Å². The van der Waals surface area contributed by atoms with E-state index in [0.717, 1.165) is 15.6 Å². The Morgan fingerprint density at radius 1 is 1.05 bits per heavy atom. The summed E-state index contributed by atoms with van der Waals surface area (Å²) in [5, 5.41) is 0. The zero-order chi connectivity index (χ0) is 14.9. The molecule has 2 aromatic rings. The maximum atomic E-state index is 12.3. The molecule has 0 spiro atoms. The summed E-state index contributed by atoms with van der Waals surface area (Å²) in [6.07, 6.45) is 0. The van der Waals surface area contributed by atoms with E-state index in [1.807, 2.05) is 6.92 Å². The van der Waals surface area contributed by atoms with Crippen LogP contribution in [0.5, 0.6) is 0 Å². The van der Waals surface area contributed by atoms with Crippen LogP contribution in [0.2, 0.25) is 0 Å². The monoisotopic (exact) mass is 354 g/mol. The lowest BCUT2D eigenvalue weighted by Crippen LogP contribution is -2.13. The molecule has 0 radical (unpaired) electrons. The molecule has 0 unspecified atom stereocenters. The van der Waals surface area contributed by atoms with Crippen LogP contribution in [0, 0.1) is 13.8 Å². The van der Waals surface area contributed by atoms with Crippen molar-refractivity contribution in [1.82, 2.24) is 0 Å². The fourth-order valence-corrected chi connectivity index (χ4v) is 3.12. The summed E-state index contributed by atoms with van der Waals surface area (Å²) in [5.74, 6) is 0. The van der Waals surface area contributed by atoms with Crippen LogP contribution < -0.4 is 10.5 Å². The molecule has 0 heterocycles. The van der Waals surface area contributed by atoms with E-state index in [2.05, 4.69) is 20.7 Å². The summed E-state index contributed by atoms with van der Waals surface area (Å²) < 4.78 is 28.1. The Balaban J connectivity index is 2.35. The van der Waals surface area contributed by atoms with E-state index in [9.17, 15) is 8.42 Å². The highest BCUT2D eigenvalue weighted by Crippen LogP contribution is 2.23. The van der Waals surface area contributed by atoms with E-state index >= 15 is 0 Å². The van der Waals surface area contributed by atoms with Crippen LogP contribution in [-0.2, 0) is 10.0 Å². The molecular formula is C14H15BrN2O2S. The first kappa shape index (κ1) is 14.9. The summed E-state index contributed by atoms with van der Waals surface area (Å²) in [6.45, 7) is 3.67. The number of halogens is 1. The Labute approximate surface area is 127 Å². The third-order valence-electron chi connectivity index (χ3n) is 2.96. The van der Waals surface area contributed by atoms with Gasteiger partial charge in [0, 0.05) is 15.8 Å². The van der Waals surface area contributed by atoms with Crippen LogP contribution in [0.3, 0.4) is 0 Å². The molecule has 0 aliphatic rings. The Hall–Kier alpha value is -1.53. The number of aryl methyl sites for hydroxylation is 2. The van der Waals surface area contributed by atoms with Gasteiger partial charge >= 0.3 is 0 Å². The van der Waals surface area contributed by atoms with E-state index in [1.54, 1.807) is 37.3 Å². The molecule has 0 aliphatic heterocycles. The van der Waals surface area contributed by atoms with Crippen molar-refractivity contribution >= 4 is 37.3 Å². The summed E-state index contributed by atoms with van der Waals surface area (Å²) >= 11 is 3.38. The number of nitrogen functional groups attached to an aromatic ring is 1. The summed E-state index contributed by atoms with van der Waals surface area (Å²) in [5.41, 5.74) is 8.49. The number of anilines is 2. The molecule has 0 amide bonds. The van der Waals surface area contributed by atoms with Gasteiger partial charge in [-0.15, -0.1) is 0 Å².